The number of nitrogens with zero attached hydrogens (tertiary/aromatic N) is 1. The molecule has 0 aromatic heterocycles. The lowest BCUT2D eigenvalue weighted by atomic mass is 10.1. The van der Waals surface area contributed by atoms with Crippen molar-refractivity contribution in [2.24, 2.45) is 5.10 Å². The average Bonchev–Trinajstić information content (AvgIpc) is 2.41. The van der Waals surface area contributed by atoms with Crippen molar-refractivity contribution in [3.63, 3.8) is 0 Å². The normalized spacial score (nSPS) is 14.2. The summed E-state index contributed by atoms with van der Waals surface area (Å²) in [5.41, 5.74) is 1.86. The fourth-order valence-corrected chi connectivity index (χ4v) is 1.58. The second-order valence-corrected chi connectivity index (χ2v) is 4.05. The Balaban J connectivity index is 2.12. The van der Waals surface area contributed by atoms with Crippen molar-refractivity contribution in [3.8, 4) is 0 Å². The van der Waals surface area contributed by atoms with E-state index in [0.717, 1.165) is 12.1 Å². The Labute approximate surface area is 112 Å². The molecule has 0 fully saturated rings. The molecule has 1 aliphatic heterocycles. The summed E-state index contributed by atoms with van der Waals surface area (Å²) in [6.45, 7) is 0. The van der Waals surface area contributed by atoms with Gasteiger partial charge in [0.25, 0.3) is 5.91 Å². The van der Waals surface area contributed by atoms with E-state index in [4.69, 9.17) is 5.11 Å². The highest BCUT2D eigenvalue weighted by Gasteiger charge is 2.19. The monoisotopic (exact) mass is 279 g/mol. The highest BCUT2D eigenvalue weighted by Crippen LogP contribution is 2.16. The SMILES string of the molecule is O=C1CCC(C(=O)Nc2ccc(C(=O)O)cc2F)=NN1. The van der Waals surface area contributed by atoms with Crippen molar-refractivity contribution < 1.29 is 23.9 Å². The molecular weight excluding hydrogens is 269 g/mol. The number of carboxylic acid groups (broad SMARTS) is 1. The molecule has 0 aliphatic carbocycles. The van der Waals surface area contributed by atoms with Gasteiger partial charge in [0, 0.05) is 12.8 Å². The van der Waals surface area contributed by atoms with E-state index in [0.29, 0.717) is 0 Å². The van der Waals surface area contributed by atoms with Gasteiger partial charge in [-0.3, -0.25) is 9.59 Å². The maximum atomic E-state index is 13.6. The zero-order valence-corrected chi connectivity index (χ0v) is 10.1. The molecule has 1 heterocycles. The minimum atomic E-state index is -1.26. The molecule has 1 aromatic rings. The molecule has 0 unspecified atom stereocenters. The van der Waals surface area contributed by atoms with E-state index >= 15 is 0 Å². The molecule has 0 spiro atoms. The van der Waals surface area contributed by atoms with Crippen LogP contribution in [0, 0.1) is 5.82 Å². The van der Waals surface area contributed by atoms with E-state index in [2.05, 4.69) is 15.8 Å². The van der Waals surface area contributed by atoms with Crippen molar-refractivity contribution in [1.82, 2.24) is 5.43 Å². The fourth-order valence-electron chi connectivity index (χ4n) is 1.58. The largest absolute Gasteiger partial charge is 0.478 e. The van der Waals surface area contributed by atoms with Crippen LogP contribution in [-0.4, -0.2) is 28.6 Å². The molecule has 1 aromatic carbocycles. The van der Waals surface area contributed by atoms with E-state index in [-0.39, 0.29) is 35.7 Å². The Kier molecular flexibility index (Phi) is 3.74. The molecule has 3 N–H and O–H groups in total. The van der Waals surface area contributed by atoms with Gasteiger partial charge >= 0.3 is 5.97 Å². The van der Waals surface area contributed by atoms with Crippen molar-refractivity contribution >= 4 is 29.2 Å². The number of halogens is 1. The zero-order chi connectivity index (χ0) is 14.7. The first-order valence-corrected chi connectivity index (χ1v) is 5.67. The Bertz CT molecular complexity index is 627. The molecule has 8 heteroatoms. The molecule has 0 atom stereocenters. The number of hydrogen-bond acceptors (Lipinski definition) is 4. The van der Waals surface area contributed by atoms with Crippen molar-refractivity contribution in [2.45, 2.75) is 12.8 Å². The van der Waals surface area contributed by atoms with Gasteiger partial charge < -0.3 is 10.4 Å². The van der Waals surface area contributed by atoms with Crippen LogP contribution in [0.15, 0.2) is 23.3 Å². The van der Waals surface area contributed by atoms with Crippen molar-refractivity contribution in [2.75, 3.05) is 5.32 Å². The van der Waals surface area contributed by atoms with E-state index in [1.165, 1.54) is 6.07 Å². The number of amides is 2. The molecule has 0 radical (unpaired) electrons. The third-order valence-electron chi connectivity index (χ3n) is 2.63. The van der Waals surface area contributed by atoms with Gasteiger partial charge in [-0.1, -0.05) is 0 Å². The van der Waals surface area contributed by atoms with Crippen LogP contribution in [0.3, 0.4) is 0 Å². The molecule has 0 saturated heterocycles. The van der Waals surface area contributed by atoms with Crippen LogP contribution in [0.5, 0.6) is 0 Å². The van der Waals surface area contributed by atoms with Crippen LogP contribution in [0.2, 0.25) is 0 Å². The first kappa shape index (κ1) is 13.7. The minimum absolute atomic E-state index is 0.0753. The molecule has 2 rings (SSSR count). The number of rotatable bonds is 3. The molecule has 20 heavy (non-hydrogen) atoms. The second kappa shape index (κ2) is 5.47. The molecule has 2 amide bonds. The molecule has 0 bridgehead atoms. The Morgan fingerprint density at radius 3 is 2.65 bits per heavy atom. The average molecular weight is 279 g/mol. The summed E-state index contributed by atoms with van der Waals surface area (Å²) >= 11 is 0. The Morgan fingerprint density at radius 2 is 2.10 bits per heavy atom. The Hall–Kier alpha value is -2.77. The highest BCUT2D eigenvalue weighted by molar-refractivity contribution is 6.43. The first-order valence-electron chi connectivity index (χ1n) is 5.67. The third-order valence-corrected chi connectivity index (χ3v) is 2.63. The van der Waals surface area contributed by atoms with Crippen LogP contribution < -0.4 is 10.7 Å². The van der Waals surface area contributed by atoms with Crippen LogP contribution in [0.1, 0.15) is 23.2 Å². The molecule has 7 nitrogen and oxygen atoms in total. The topological polar surface area (TPSA) is 108 Å². The summed E-state index contributed by atoms with van der Waals surface area (Å²) in [6, 6.07) is 3.13. The second-order valence-electron chi connectivity index (χ2n) is 4.05. The molecule has 1 aliphatic rings. The highest BCUT2D eigenvalue weighted by atomic mass is 19.1. The minimum Gasteiger partial charge on any atom is -0.478 e. The quantitative estimate of drug-likeness (QED) is 0.757. The summed E-state index contributed by atoms with van der Waals surface area (Å²) in [4.78, 5) is 33.3. The van der Waals surface area contributed by atoms with Gasteiger partial charge in [0.05, 0.1) is 11.3 Å². The number of hydrogen-bond donors (Lipinski definition) is 3. The smallest absolute Gasteiger partial charge is 0.335 e. The number of benzene rings is 1. The zero-order valence-electron chi connectivity index (χ0n) is 10.1. The lowest BCUT2D eigenvalue weighted by Gasteiger charge is -2.12. The summed E-state index contributed by atoms with van der Waals surface area (Å²) in [5.74, 6) is -3.06. The number of carbonyl (C=O) groups is 3. The van der Waals surface area contributed by atoms with Crippen LogP contribution >= 0.6 is 0 Å². The van der Waals surface area contributed by atoms with Gasteiger partial charge in [-0.2, -0.15) is 5.10 Å². The number of carboxylic acids is 1. The summed E-state index contributed by atoms with van der Waals surface area (Å²) < 4.78 is 13.6. The fraction of sp³-hybridized carbons (Fsp3) is 0.167. The summed E-state index contributed by atoms with van der Waals surface area (Å²) in [6.07, 6.45) is 0.291. The standard InChI is InChI=1S/C12H10FN3O4/c13-7-5-6(12(19)20)1-2-8(7)14-11(18)9-3-4-10(17)16-15-9/h1-2,5H,3-4H2,(H,14,18)(H,16,17)(H,19,20). The first-order chi connectivity index (χ1) is 9.47. The third kappa shape index (κ3) is 2.97. The predicted molar refractivity (Wildman–Crippen MR) is 66.8 cm³/mol. The maximum Gasteiger partial charge on any atom is 0.335 e. The van der Waals surface area contributed by atoms with E-state index in [1.807, 2.05) is 0 Å². The lowest BCUT2D eigenvalue weighted by Crippen LogP contribution is -2.32. The number of nitrogens with one attached hydrogen (secondary N) is 2. The van der Waals surface area contributed by atoms with Gasteiger partial charge in [0.15, 0.2) is 0 Å². The van der Waals surface area contributed by atoms with Gasteiger partial charge in [0.1, 0.15) is 11.5 Å². The number of anilines is 1. The number of aromatic carboxylic acids is 1. The van der Waals surface area contributed by atoms with Crippen molar-refractivity contribution in [3.05, 3.63) is 29.6 Å². The Morgan fingerprint density at radius 1 is 1.35 bits per heavy atom. The summed E-state index contributed by atoms with van der Waals surface area (Å²) in [5, 5.41) is 14.5. The van der Waals surface area contributed by atoms with E-state index in [1.54, 1.807) is 0 Å². The molecular formula is C12H10FN3O4. The summed E-state index contributed by atoms with van der Waals surface area (Å²) in [7, 11) is 0. The van der Waals surface area contributed by atoms with Gasteiger partial charge in [-0.15, -0.1) is 0 Å². The number of hydrazone groups is 1. The van der Waals surface area contributed by atoms with E-state index in [9.17, 15) is 18.8 Å². The van der Waals surface area contributed by atoms with Crippen LogP contribution in [0.25, 0.3) is 0 Å². The molecule has 104 valence electrons. The maximum absolute atomic E-state index is 13.6. The molecule has 0 saturated carbocycles. The predicted octanol–water partition coefficient (Wildman–Crippen LogP) is 0.728. The van der Waals surface area contributed by atoms with Gasteiger partial charge in [-0.25, -0.2) is 14.6 Å². The van der Waals surface area contributed by atoms with E-state index < -0.39 is 17.7 Å². The van der Waals surface area contributed by atoms with Crippen LogP contribution in [0.4, 0.5) is 10.1 Å². The van der Waals surface area contributed by atoms with Crippen molar-refractivity contribution in [1.29, 1.82) is 0 Å². The van der Waals surface area contributed by atoms with Gasteiger partial charge in [0.2, 0.25) is 5.91 Å². The van der Waals surface area contributed by atoms with Gasteiger partial charge in [-0.05, 0) is 18.2 Å². The lowest BCUT2D eigenvalue weighted by molar-refractivity contribution is -0.121. The number of carbonyl (C=O) groups excluding carboxylic acids is 2. The van der Waals surface area contributed by atoms with Crippen LogP contribution in [-0.2, 0) is 9.59 Å².